The number of hydrogen-bond acceptors (Lipinski definition) is 17. The summed E-state index contributed by atoms with van der Waals surface area (Å²) in [7, 11) is -8.15. The Morgan fingerprint density at radius 3 is 2.64 bits per heavy atom. The Morgan fingerprint density at radius 2 is 1.84 bits per heavy atom. The van der Waals surface area contributed by atoms with Gasteiger partial charge < -0.3 is 30.6 Å². The van der Waals surface area contributed by atoms with E-state index in [1.165, 1.54) is 35.2 Å². The summed E-state index contributed by atoms with van der Waals surface area (Å²) in [6, 6.07) is 0. The van der Waals surface area contributed by atoms with Crippen LogP contribution in [0.3, 0.4) is 0 Å². The molecule has 2 bridgehead atoms. The van der Waals surface area contributed by atoms with Crippen molar-refractivity contribution in [3.05, 3.63) is 29.3 Å². The van der Waals surface area contributed by atoms with Crippen LogP contribution < -0.4 is 21.7 Å². The molecule has 3 aliphatic rings. The maximum absolute atomic E-state index is 13.3. The fourth-order valence-corrected chi connectivity index (χ4v) is 7.45. The van der Waals surface area contributed by atoms with Gasteiger partial charge in [-0.3, -0.25) is 32.1 Å². The van der Waals surface area contributed by atoms with Gasteiger partial charge in [0, 0.05) is 20.1 Å². The van der Waals surface area contributed by atoms with Gasteiger partial charge in [-0.05, 0) is 0 Å². The van der Waals surface area contributed by atoms with E-state index in [4.69, 9.17) is 38.9 Å². The largest absolute Gasteiger partial charge is 0.472 e. The molecule has 7 N–H and O–H groups in total. The van der Waals surface area contributed by atoms with Gasteiger partial charge in [-0.1, -0.05) is 0 Å². The zero-order valence-corrected chi connectivity index (χ0v) is 24.8. The van der Waals surface area contributed by atoms with E-state index in [2.05, 4.69) is 34.6 Å². The van der Waals surface area contributed by atoms with Crippen molar-refractivity contribution in [2.75, 3.05) is 31.7 Å². The lowest BCUT2D eigenvalue weighted by atomic mass is 10.1. The van der Waals surface area contributed by atoms with E-state index in [1.54, 1.807) is 0 Å². The second-order valence-corrected chi connectivity index (χ2v) is 13.1. The van der Waals surface area contributed by atoms with Crippen LogP contribution in [-0.4, -0.2) is 103 Å². The Morgan fingerprint density at radius 1 is 1.07 bits per heavy atom. The number of aromatic nitrogens is 8. The van der Waals surface area contributed by atoms with E-state index in [9.17, 15) is 22.7 Å². The molecule has 3 saturated heterocycles. The van der Waals surface area contributed by atoms with Crippen LogP contribution in [0.2, 0.25) is 0 Å². The first-order chi connectivity index (χ1) is 21.4. The van der Waals surface area contributed by atoms with Crippen molar-refractivity contribution in [1.29, 1.82) is 0 Å². The maximum Gasteiger partial charge on any atom is 0.472 e. The molecule has 24 heteroatoms. The van der Waals surface area contributed by atoms with E-state index in [-0.39, 0.29) is 29.4 Å². The lowest BCUT2D eigenvalue weighted by Gasteiger charge is -2.26. The fraction of sp³-hybridized carbons (Fsp3) is 0.524. The number of imidazole rings is 2. The lowest BCUT2D eigenvalue weighted by molar-refractivity contribution is -0.0552. The smallest absolute Gasteiger partial charge is 0.382 e. The van der Waals surface area contributed by atoms with Crippen molar-refractivity contribution in [2.24, 2.45) is 0 Å². The van der Waals surface area contributed by atoms with E-state index in [0.717, 1.165) is 0 Å². The number of hydrogen-bond donors (Lipinski definition) is 5. The zero-order valence-electron chi connectivity index (χ0n) is 23.1. The summed E-state index contributed by atoms with van der Waals surface area (Å²) in [6.45, 7) is -1.05. The monoisotopic (exact) mass is 671 g/mol. The van der Waals surface area contributed by atoms with Crippen LogP contribution in [0.15, 0.2) is 23.8 Å². The Labute approximate surface area is 251 Å². The van der Waals surface area contributed by atoms with Crippen LogP contribution in [0, 0.1) is 0 Å². The SMILES string of the molecule is CO[C@H]1[C@H]2OP(=O)(O)OC[C@H]3OC(n4cnc5c(N)ncnc54)C[C@@H]3OS(=O)(=O)NC[C@H]1O[C@H]2n1cnc2c(=O)[nH]c(N)nc21. The van der Waals surface area contributed by atoms with E-state index < -0.39 is 79.8 Å². The topological polar surface area (TPSA) is 298 Å². The first-order valence-electron chi connectivity index (χ1n) is 13.3. The Balaban J connectivity index is 1.21. The van der Waals surface area contributed by atoms with Crippen molar-refractivity contribution < 1.29 is 45.3 Å². The number of H-pyrrole nitrogens is 1. The number of fused-ring (bicyclic) bond motifs is 5. The first kappa shape index (κ1) is 30.0. The van der Waals surface area contributed by atoms with Gasteiger partial charge >= 0.3 is 18.1 Å². The van der Waals surface area contributed by atoms with Gasteiger partial charge in [0.05, 0.1) is 19.3 Å². The number of nitrogens with one attached hydrogen (secondary N) is 2. The van der Waals surface area contributed by atoms with Crippen LogP contribution in [-0.2, 0) is 42.3 Å². The van der Waals surface area contributed by atoms with Crippen molar-refractivity contribution >= 4 is 52.2 Å². The lowest BCUT2D eigenvalue weighted by Crippen LogP contribution is -2.43. The third-order valence-corrected chi connectivity index (χ3v) is 9.53. The molecule has 0 aromatic carbocycles. The minimum atomic E-state index is -4.94. The predicted octanol–water partition coefficient (Wildman–Crippen LogP) is -1.94. The van der Waals surface area contributed by atoms with Gasteiger partial charge in [-0.25, -0.2) is 24.5 Å². The number of aromatic amines is 1. The molecule has 0 amide bonds. The third kappa shape index (κ3) is 5.45. The number of rotatable bonds is 3. The second kappa shape index (κ2) is 11.0. The van der Waals surface area contributed by atoms with Crippen LogP contribution >= 0.6 is 7.82 Å². The van der Waals surface area contributed by atoms with Crippen molar-refractivity contribution in [3.63, 3.8) is 0 Å². The third-order valence-electron chi connectivity index (χ3n) is 7.53. The highest BCUT2D eigenvalue weighted by Gasteiger charge is 2.52. The number of methoxy groups -OCH3 is 1. The van der Waals surface area contributed by atoms with E-state index in [1.807, 2.05) is 0 Å². The van der Waals surface area contributed by atoms with Gasteiger partial charge in [0.1, 0.15) is 48.6 Å². The molecular formula is C21H26N11O11PS. The van der Waals surface area contributed by atoms with Gasteiger partial charge in [-0.15, -0.1) is 0 Å². The molecule has 7 heterocycles. The van der Waals surface area contributed by atoms with Crippen LogP contribution in [0.25, 0.3) is 22.3 Å². The minimum Gasteiger partial charge on any atom is -0.382 e. The van der Waals surface area contributed by atoms with Gasteiger partial charge in [-0.2, -0.15) is 18.1 Å². The van der Waals surface area contributed by atoms with E-state index in [0.29, 0.717) is 11.2 Å². The highest BCUT2D eigenvalue weighted by atomic mass is 32.2. The Hall–Kier alpha value is -3.64. The molecule has 2 unspecified atom stereocenters. The average Bonchev–Trinajstić information content (AvgIpc) is 3.74. The number of nitrogens with two attached hydrogens (primary N) is 2. The molecular weight excluding hydrogens is 645 g/mol. The van der Waals surface area contributed by atoms with Gasteiger partial charge in [0.25, 0.3) is 5.56 Å². The normalized spacial score (nSPS) is 33.9. The minimum absolute atomic E-state index is 0.0311. The summed E-state index contributed by atoms with van der Waals surface area (Å²) in [6.07, 6.45) is -4.41. The molecule has 3 aliphatic heterocycles. The molecule has 242 valence electrons. The maximum atomic E-state index is 13.3. The number of phosphoric ester groups is 1. The number of ether oxygens (including phenoxy) is 3. The van der Waals surface area contributed by atoms with E-state index >= 15 is 0 Å². The molecule has 3 fully saturated rings. The Bertz CT molecular complexity index is 1990. The van der Waals surface area contributed by atoms with Crippen molar-refractivity contribution in [2.45, 2.75) is 49.4 Å². The fourth-order valence-electron chi connectivity index (χ4n) is 5.56. The second-order valence-electron chi connectivity index (χ2n) is 10.3. The molecule has 0 spiro atoms. The standard InChI is InChI=1S/C21H26N11O11PS/c1-38-14-9-3-28-45(36,37)43-8-2-11(31-6-26-12-16(22)24-5-25-17(12)31)40-10(8)4-39-44(34,35)42-15(14)20(41-9)32-7-27-13-18(32)29-21(23)30-19(13)33/h5-11,14-15,20,28H,2-4H2,1H3,(H,34,35)(H2,22,24,25)(H3,23,29,30,33)/t8-,9+,10+,11?,14+,15+,20+/m0/s1. The molecule has 8 atom stereocenters. The summed E-state index contributed by atoms with van der Waals surface area (Å²) < 4.78 is 78.6. The number of phosphoric acid groups is 1. The van der Waals surface area contributed by atoms with Crippen molar-refractivity contribution in [3.8, 4) is 0 Å². The summed E-state index contributed by atoms with van der Waals surface area (Å²) in [4.78, 5) is 45.9. The molecule has 4 aromatic rings. The molecule has 0 aliphatic carbocycles. The van der Waals surface area contributed by atoms with Gasteiger partial charge in [0.2, 0.25) is 5.95 Å². The highest BCUT2D eigenvalue weighted by Crippen LogP contribution is 2.50. The summed E-state index contributed by atoms with van der Waals surface area (Å²) in [5.74, 6) is -0.0971. The van der Waals surface area contributed by atoms with Crippen LogP contribution in [0.1, 0.15) is 18.9 Å². The summed E-state index contributed by atoms with van der Waals surface area (Å²) >= 11 is 0. The van der Waals surface area contributed by atoms with Crippen molar-refractivity contribution in [1.82, 2.24) is 43.8 Å². The number of anilines is 2. The molecule has 22 nitrogen and oxygen atoms in total. The zero-order chi connectivity index (χ0) is 31.7. The Kier molecular flexibility index (Phi) is 7.35. The first-order valence-corrected chi connectivity index (χ1v) is 16.2. The number of nitrogen functional groups attached to an aromatic ring is 2. The predicted molar refractivity (Wildman–Crippen MR) is 148 cm³/mol. The quantitative estimate of drug-likeness (QED) is 0.148. The molecule has 45 heavy (non-hydrogen) atoms. The highest BCUT2D eigenvalue weighted by molar-refractivity contribution is 7.84. The van der Waals surface area contributed by atoms with Crippen LogP contribution in [0.5, 0.6) is 0 Å². The summed E-state index contributed by atoms with van der Waals surface area (Å²) in [5, 5.41) is 0. The van der Waals surface area contributed by atoms with Crippen LogP contribution in [0.4, 0.5) is 11.8 Å². The molecule has 7 rings (SSSR count). The summed E-state index contributed by atoms with van der Waals surface area (Å²) in [5.41, 5.74) is 11.4. The molecule has 0 saturated carbocycles. The molecule has 4 aromatic heterocycles. The van der Waals surface area contributed by atoms with Gasteiger partial charge in [0.15, 0.2) is 28.9 Å². The average molecular weight is 672 g/mol. The molecule has 0 radical (unpaired) electrons. The number of nitrogens with zero attached hydrogens (tertiary/aromatic N) is 7.